The predicted octanol–water partition coefficient (Wildman–Crippen LogP) is 2.69. The smallest absolute Gasteiger partial charge is 0.333 e. The Morgan fingerprint density at radius 3 is 2.35 bits per heavy atom. The Morgan fingerprint density at radius 2 is 1.68 bits per heavy atom. The van der Waals surface area contributed by atoms with Crippen molar-refractivity contribution in [3.8, 4) is 0 Å². The van der Waals surface area contributed by atoms with E-state index in [0.29, 0.717) is 24.3 Å². The average molecular weight is 460 g/mol. The van der Waals surface area contributed by atoms with E-state index in [2.05, 4.69) is 10.3 Å². The summed E-state index contributed by atoms with van der Waals surface area (Å²) in [4.78, 5) is 43.9. The molecular formula is C26H29N5O3. The van der Waals surface area contributed by atoms with Gasteiger partial charge in [-0.3, -0.25) is 14.2 Å². The fourth-order valence-corrected chi connectivity index (χ4v) is 3.92. The highest BCUT2D eigenvalue weighted by atomic mass is 16.2. The van der Waals surface area contributed by atoms with Gasteiger partial charge in [0.05, 0.1) is 12.9 Å². The molecule has 8 heteroatoms. The standard InChI is InChI=1S/C26H29N5O3/c1-18(2)14-29-17-28-24-23(29)25(33)31(26(34)30(24)15-21-7-5-4-6-8-21)16-22(32)27-13-20-11-9-19(3)10-12-20/h4-12,17-18H,13-16H2,1-3H3,(H,27,32). The number of nitrogens with zero attached hydrogens (tertiary/aromatic N) is 4. The van der Waals surface area contributed by atoms with Gasteiger partial charge in [0.25, 0.3) is 5.56 Å². The second-order valence-corrected chi connectivity index (χ2v) is 8.97. The molecule has 1 N–H and O–H groups in total. The van der Waals surface area contributed by atoms with Crippen LogP contribution in [0.4, 0.5) is 0 Å². The lowest BCUT2D eigenvalue weighted by Crippen LogP contribution is -2.44. The molecule has 0 fully saturated rings. The third-order valence-electron chi connectivity index (χ3n) is 5.64. The zero-order chi connectivity index (χ0) is 24.2. The molecule has 0 unspecified atom stereocenters. The summed E-state index contributed by atoms with van der Waals surface area (Å²) >= 11 is 0. The molecule has 4 aromatic rings. The summed E-state index contributed by atoms with van der Waals surface area (Å²) < 4.78 is 4.24. The van der Waals surface area contributed by atoms with Gasteiger partial charge in [-0.15, -0.1) is 0 Å². The maximum absolute atomic E-state index is 13.4. The number of hydrogen-bond donors (Lipinski definition) is 1. The molecule has 4 rings (SSSR count). The molecule has 1 amide bonds. The highest BCUT2D eigenvalue weighted by Crippen LogP contribution is 2.12. The Kier molecular flexibility index (Phi) is 6.77. The van der Waals surface area contributed by atoms with Crippen molar-refractivity contribution in [2.75, 3.05) is 0 Å². The summed E-state index contributed by atoms with van der Waals surface area (Å²) in [6.45, 7) is 6.87. The summed E-state index contributed by atoms with van der Waals surface area (Å²) in [5, 5.41) is 2.81. The number of rotatable bonds is 8. The van der Waals surface area contributed by atoms with Crippen molar-refractivity contribution in [1.82, 2.24) is 24.0 Å². The highest BCUT2D eigenvalue weighted by molar-refractivity contribution is 5.76. The normalized spacial score (nSPS) is 11.3. The van der Waals surface area contributed by atoms with Gasteiger partial charge in [-0.25, -0.2) is 14.3 Å². The minimum atomic E-state index is -0.554. The minimum Gasteiger partial charge on any atom is -0.350 e. The average Bonchev–Trinajstić information content (AvgIpc) is 3.22. The second kappa shape index (κ2) is 9.91. The van der Waals surface area contributed by atoms with Crippen LogP contribution in [0.1, 0.15) is 30.5 Å². The van der Waals surface area contributed by atoms with Crippen LogP contribution in [0.2, 0.25) is 0 Å². The zero-order valence-corrected chi connectivity index (χ0v) is 19.7. The Labute approximate surface area is 197 Å². The molecule has 0 bridgehead atoms. The lowest BCUT2D eigenvalue weighted by molar-refractivity contribution is -0.121. The summed E-state index contributed by atoms with van der Waals surface area (Å²) in [5.41, 5.74) is 2.57. The number of carbonyl (C=O) groups is 1. The Balaban J connectivity index is 1.71. The number of hydrogen-bond acceptors (Lipinski definition) is 4. The number of fused-ring (bicyclic) bond motifs is 1. The Morgan fingerprint density at radius 1 is 0.971 bits per heavy atom. The van der Waals surface area contributed by atoms with Crippen LogP contribution in [0.25, 0.3) is 11.2 Å². The SMILES string of the molecule is Cc1ccc(CNC(=O)Cn2c(=O)c3c(ncn3CC(C)C)n(Cc3ccccc3)c2=O)cc1. The molecule has 0 aliphatic carbocycles. The number of benzene rings is 2. The minimum absolute atomic E-state index is 0.250. The number of aryl methyl sites for hydroxylation is 1. The fraction of sp³-hybridized carbons (Fsp3) is 0.308. The molecule has 0 aliphatic rings. The molecule has 0 spiro atoms. The summed E-state index contributed by atoms with van der Waals surface area (Å²) in [6, 6.07) is 17.3. The van der Waals surface area contributed by atoms with Gasteiger partial charge in [0.1, 0.15) is 6.54 Å². The number of nitrogens with one attached hydrogen (secondary N) is 1. The van der Waals surface area contributed by atoms with Crippen molar-refractivity contribution in [3.05, 3.63) is 98.5 Å². The van der Waals surface area contributed by atoms with Gasteiger partial charge in [-0.1, -0.05) is 74.0 Å². The molecule has 0 saturated carbocycles. The van der Waals surface area contributed by atoms with Gasteiger partial charge in [0.15, 0.2) is 11.2 Å². The van der Waals surface area contributed by atoms with E-state index in [-0.39, 0.29) is 19.0 Å². The van der Waals surface area contributed by atoms with Crippen LogP contribution in [0.15, 0.2) is 70.5 Å². The van der Waals surface area contributed by atoms with Gasteiger partial charge in [0.2, 0.25) is 5.91 Å². The largest absolute Gasteiger partial charge is 0.350 e. The van der Waals surface area contributed by atoms with Crippen molar-refractivity contribution in [1.29, 1.82) is 0 Å². The quantitative estimate of drug-likeness (QED) is 0.439. The van der Waals surface area contributed by atoms with E-state index in [0.717, 1.165) is 21.3 Å². The van der Waals surface area contributed by atoms with E-state index in [4.69, 9.17) is 0 Å². The first-order chi connectivity index (χ1) is 16.3. The van der Waals surface area contributed by atoms with E-state index >= 15 is 0 Å². The van der Waals surface area contributed by atoms with Crippen LogP contribution >= 0.6 is 0 Å². The van der Waals surface area contributed by atoms with Gasteiger partial charge in [-0.2, -0.15) is 0 Å². The maximum Gasteiger partial charge on any atom is 0.333 e. The van der Waals surface area contributed by atoms with Crippen molar-refractivity contribution >= 4 is 17.1 Å². The van der Waals surface area contributed by atoms with Gasteiger partial charge in [0, 0.05) is 13.1 Å². The number of imidazole rings is 1. The molecule has 2 aromatic carbocycles. The van der Waals surface area contributed by atoms with Gasteiger partial charge in [-0.05, 0) is 24.0 Å². The third kappa shape index (κ3) is 5.01. The third-order valence-corrected chi connectivity index (χ3v) is 5.64. The highest BCUT2D eigenvalue weighted by Gasteiger charge is 2.20. The topological polar surface area (TPSA) is 90.9 Å². The van der Waals surface area contributed by atoms with Gasteiger partial charge < -0.3 is 9.88 Å². The number of aromatic nitrogens is 4. The van der Waals surface area contributed by atoms with Crippen LogP contribution in [0.5, 0.6) is 0 Å². The number of amides is 1. The summed E-state index contributed by atoms with van der Waals surface area (Å²) in [6.07, 6.45) is 1.59. The molecular weight excluding hydrogens is 430 g/mol. The van der Waals surface area contributed by atoms with E-state index < -0.39 is 17.2 Å². The predicted molar refractivity (Wildman–Crippen MR) is 132 cm³/mol. The van der Waals surface area contributed by atoms with Crippen LogP contribution in [0.3, 0.4) is 0 Å². The molecule has 0 aliphatic heterocycles. The molecule has 34 heavy (non-hydrogen) atoms. The zero-order valence-electron chi connectivity index (χ0n) is 19.7. The molecule has 8 nitrogen and oxygen atoms in total. The first-order valence-corrected chi connectivity index (χ1v) is 11.4. The van der Waals surface area contributed by atoms with Crippen LogP contribution in [0, 0.1) is 12.8 Å². The van der Waals surface area contributed by atoms with E-state index in [1.807, 2.05) is 75.4 Å². The number of carbonyl (C=O) groups excluding carboxylic acids is 1. The molecule has 0 saturated heterocycles. The van der Waals surface area contributed by atoms with Gasteiger partial charge >= 0.3 is 5.69 Å². The van der Waals surface area contributed by atoms with Crippen molar-refractivity contribution in [3.63, 3.8) is 0 Å². The van der Waals surface area contributed by atoms with Crippen molar-refractivity contribution < 1.29 is 4.79 Å². The molecule has 2 heterocycles. The molecule has 2 aromatic heterocycles. The Hall–Kier alpha value is -3.94. The van der Waals surface area contributed by atoms with E-state index in [1.165, 1.54) is 4.57 Å². The van der Waals surface area contributed by atoms with E-state index in [9.17, 15) is 14.4 Å². The monoisotopic (exact) mass is 459 g/mol. The lowest BCUT2D eigenvalue weighted by atomic mass is 10.1. The maximum atomic E-state index is 13.4. The molecule has 0 atom stereocenters. The fourth-order valence-electron chi connectivity index (χ4n) is 3.92. The van der Waals surface area contributed by atoms with Crippen LogP contribution in [-0.2, 0) is 31.0 Å². The molecule has 0 radical (unpaired) electrons. The molecule has 176 valence electrons. The van der Waals surface area contributed by atoms with Crippen LogP contribution < -0.4 is 16.6 Å². The van der Waals surface area contributed by atoms with Crippen molar-refractivity contribution in [2.24, 2.45) is 5.92 Å². The first kappa shape index (κ1) is 23.2. The van der Waals surface area contributed by atoms with Crippen molar-refractivity contribution in [2.45, 2.75) is 47.0 Å². The lowest BCUT2D eigenvalue weighted by Gasteiger charge is -2.13. The Bertz CT molecular complexity index is 1410. The van der Waals surface area contributed by atoms with Crippen LogP contribution in [-0.4, -0.2) is 24.6 Å². The first-order valence-electron chi connectivity index (χ1n) is 11.4. The summed E-state index contributed by atoms with van der Waals surface area (Å²) in [7, 11) is 0. The summed E-state index contributed by atoms with van der Waals surface area (Å²) in [5.74, 6) is -0.127. The second-order valence-electron chi connectivity index (χ2n) is 8.97. The van der Waals surface area contributed by atoms with E-state index in [1.54, 1.807) is 10.9 Å².